The maximum Gasteiger partial charge on any atom is 0.257 e. The van der Waals surface area contributed by atoms with Crippen molar-refractivity contribution in [3.05, 3.63) is 59.9 Å². The van der Waals surface area contributed by atoms with E-state index in [0.717, 1.165) is 0 Å². The van der Waals surface area contributed by atoms with Crippen molar-refractivity contribution in [3.8, 4) is 11.5 Å². The number of carbonyl (C=O) groups is 1. The van der Waals surface area contributed by atoms with Gasteiger partial charge in [0.1, 0.15) is 5.82 Å². The predicted molar refractivity (Wildman–Crippen MR) is 86.2 cm³/mol. The number of ether oxygens (including phenoxy) is 2. The van der Waals surface area contributed by atoms with Gasteiger partial charge in [0.15, 0.2) is 18.1 Å². The van der Waals surface area contributed by atoms with E-state index < -0.39 is 0 Å². The van der Waals surface area contributed by atoms with Gasteiger partial charge in [-0.3, -0.25) is 4.79 Å². The van der Waals surface area contributed by atoms with Gasteiger partial charge in [0.25, 0.3) is 5.91 Å². The van der Waals surface area contributed by atoms with Crippen LogP contribution >= 0.6 is 0 Å². The van der Waals surface area contributed by atoms with E-state index >= 15 is 0 Å². The molecule has 0 fully saturated rings. The highest BCUT2D eigenvalue weighted by Gasteiger charge is 2.07. The van der Waals surface area contributed by atoms with Crippen LogP contribution in [0, 0.1) is 5.82 Å². The Morgan fingerprint density at radius 1 is 1.04 bits per heavy atom. The number of hydrogen-bond donors (Lipinski definition) is 1. The number of carbonyl (C=O) groups excluding carboxylic acids is 1. The minimum atomic E-state index is -0.261. The summed E-state index contributed by atoms with van der Waals surface area (Å²) >= 11 is 0. The molecule has 0 aromatic heterocycles. The normalized spacial score (nSPS) is 10.2. The van der Waals surface area contributed by atoms with Crippen LogP contribution in [0.15, 0.2) is 48.5 Å². The largest absolute Gasteiger partial charge is 0.490 e. The molecule has 0 aliphatic heterocycles. The topological polar surface area (TPSA) is 47.6 Å². The Kier molecular flexibility index (Phi) is 6.41. The van der Waals surface area contributed by atoms with Gasteiger partial charge in [-0.2, -0.15) is 0 Å². The molecule has 1 N–H and O–H groups in total. The predicted octanol–water partition coefficient (Wildman–Crippen LogP) is 2.96. The molecule has 0 spiro atoms. The van der Waals surface area contributed by atoms with Crippen molar-refractivity contribution in [1.29, 1.82) is 0 Å². The van der Waals surface area contributed by atoms with E-state index in [1.165, 1.54) is 6.07 Å². The third-order valence-corrected chi connectivity index (χ3v) is 3.18. The molecule has 1 amide bonds. The van der Waals surface area contributed by atoms with Crippen molar-refractivity contribution in [2.24, 2.45) is 0 Å². The van der Waals surface area contributed by atoms with Gasteiger partial charge in [0, 0.05) is 6.54 Å². The summed E-state index contributed by atoms with van der Waals surface area (Å²) in [6.07, 6.45) is 0.438. The van der Waals surface area contributed by atoms with Crippen molar-refractivity contribution < 1.29 is 18.7 Å². The number of benzene rings is 2. The first-order valence-electron chi connectivity index (χ1n) is 7.55. The molecule has 122 valence electrons. The molecule has 0 atom stereocenters. The van der Waals surface area contributed by atoms with E-state index in [1.54, 1.807) is 30.3 Å². The molecule has 0 bridgehead atoms. The van der Waals surface area contributed by atoms with Crippen molar-refractivity contribution in [3.63, 3.8) is 0 Å². The second-order valence-corrected chi connectivity index (χ2v) is 4.86. The molecule has 5 heteroatoms. The molecule has 0 aliphatic carbocycles. The van der Waals surface area contributed by atoms with Crippen molar-refractivity contribution in [2.45, 2.75) is 13.3 Å². The van der Waals surface area contributed by atoms with E-state index in [2.05, 4.69) is 5.32 Å². The first kappa shape index (κ1) is 16.8. The molecule has 23 heavy (non-hydrogen) atoms. The van der Waals surface area contributed by atoms with Crippen LogP contribution in [0.1, 0.15) is 12.5 Å². The van der Waals surface area contributed by atoms with E-state index in [1.807, 2.05) is 19.1 Å². The average molecular weight is 317 g/mol. The number of halogens is 1. The van der Waals surface area contributed by atoms with Gasteiger partial charge in [-0.25, -0.2) is 4.39 Å². The third-order valence-electron chi connectivity index (χ3n) is 3.18. The molecule has 2 aromatic carbocycles. The highest BCUT2D eigenvalue weighted by molar-refractivity contribution is 5.77. The summed E-state index contributed by atoms with van der Waals surface area (Å²) < 4.78 is 24.3. The van der Waals surface area contributed by atoms with Crippen molar-refractivity contribution in [1.82, 2.24) is 5.32 Å². The monoisotopic (exact) mass is 317 g/mol. The summed E-state index contributed by atoms with van der Waals surface area (Å²) in [5.41, 5.74) is 0.579. The van der Waals surface area contributed by atoms with Crippen LogP contribution in [-0.4, -0.2) is 25.7 Å². The van der Waals surface area contributed by atoms with Gasteiger partial charge in [0.2, 0.25) is 0 Å². The SMILES string of the molecule is CCOc1ccccc1OCC(=O)NCCc1ccccc1F. The van der Waals surface area contributed by atoms with E-state index in [9.17, 15) is 9.18 Å². The van der Waals surface area contributed by atoms with Crippen LogP contribution in [0.25, 0.3) is 0 Å². The average Bonchev–Trinajstić information content (AvgIpc) is 2.56. The highest BCUT2D eigenvalue weighted by Crippen LogP contribution is 2.26. The highest BCUT2D eigenvalue weighted by atomic mass is 19.1. The summed E-state index contributed by atoms with van der Waals surface area (Å²) in [5.74, 6) is 0.615. The second kappa shape index (κ2) is 8.78. The first-order valence-corrected chi connectivity index (χ1v) is 7.55. The number of para-hydroxylation sites is 2. The summed E-state index contributed by atoms with van der Waals surface area (Å²) in [4.78, 5) is 11.8. The molecular weight excluding hydrogens is 297 g/mol. The molecule has 2 rings (SSSR count). The van der Waals surface area contributed by atoms with Crippen LogP contribution in [0.5, 0.6) is 11.5 Å². The van der Waals surface area contributed by atoms with Gasteiger partial charge in [0.05, 0.1) is 6.61 Å². The van der Waals surface area contributed by atoms with Gasteiger partial charge < -0.3 is 14.8 Å². The Labute approximate surface area is 135 Å². The second-order valence-electron chi connectivity index (χ2n) is 4.86. The molecule has 0 aliphatic rings. The molecular formula is C18H20FNO3. The molecule has 0 saturated heterocycles. The van der Waals surface area contributed by atoms with Gasteiger partial charge >= 0.3 is 0 Å². The lowest BCUT2D eigenvalue weighted by molar-refractivity contribution is -0.123. The van der Waals surface area contributed by atoms with Gasteiger partial charge in [-0.05, 0) is 37.1 Å². The molecule has 0 unspecified atom stereocenters. The quantitative estimate of drug-likeness (QED) is 0.814. The number of nitrogens with one attached hydrogen (secondary N) is 1. The fourth-order valence-corrected chi connectivity index (χ4v) is 2.08. The minimum Gasteiger partial charge on any atom is -0.490 e. The maximum absolute atomic E-state index is 13.4. The van der Waals surface area contributed by atoms with Crippen molar-refractivity contribution in [2.75, 3.05) is 19.8 Å². The van der Waals surface area contributed by atoms with Crippen molar-refractivity contribution >= 4 is 5.91 Å². The lowest BCUT2D eigenvalue weighted by Gasteiger charge is -2.11. The summed E-state index contributed by atoms with van der Waals surface area (Å²) in [6.45, 7) is 2.65. The minimum absolute atomic E-state index is 0.110. The Hall–Kier alpha value is -2.56. The molecule has 4 nitrogen and oxygen atoms in total. The molecule has 0 radical (unpaired) electrons. The Balaban J connectivity index is 1.76. The fourth-order valence-electron chi connectivity index (χ4n) is 2.08. The first-order chi connectivity index (χ1) is 11.2. The Morgan fingerprint density at radius 2 is 1.70 bits per heavy atom. The Morgan fingerprint density at radius 3 is 2.39 bits per heavy atom. The molecule has 0 saturated carbocycles. The number of rotatable bonds is 8. The van der Waals surface area contributed by atoms with Crippen LogP contribution in [0.3, 0.4) is 0 Å². The lowest BCUT2D eigenvalue weighted by atomic mass is 10.1. The van der Waals surface area contributed by atoms with Gasteiger partial charge in [-0.15, -0.1) is 0 Å². The van der Waals surface area contributed by atoms with Crippen LogP contribution in [0.4, 0.5) is 4.39 Å². The summed E-state index contributed by atoms with van der Waals surface area (Å²) in [7, 11) is 0. The van der Waals surface area contributed by atoms with Crippen LogP contribution in [-0.2, 0) is 11.2 Å². The lowest BCUT2D eigenvalue weighted by Crippen LogP contribution is -2.30. The standard InChI is InChI=1S/C18H20FNO3/c1-2-22-16-9-5-6-10-17(16)23-13-18(21)20-12-11-14-7-3-4-8-15(14)19/h3-10H,2,11-13H2,1H3,(H,20,21). The Bertz CT molecular complexity index is 646. The number of hydrogen-bond acceptors (Lipinski definition) is 3. The van der Waals surface area contributed by atoms with E-state index in [0.29, 0.717) is 36.6 Å². The van der Waals surface area contributed by atoms with Gasteiger partial charge in [-0.1, -0.05) is 30.3 Å². The summed E-state index contributed by atoms with van der Waals surface area (Å²) in [5, 5.41) is 2.71. The zero-order chi connectivity index (χ0) is 16.5. The van der Waals surface area contributed by atoms with Crippen LogP contribution < -0.4 is 14.8 Å². The fraction of sp³-hybridized carbons (Fsp3) is 0.278. The molecule has 0 heterocycles. The summed E-state index contributed by atoms with van der Waals surface area (Å²) in [6, 6.07) is 13.7. The molecule has 2 aromatic rings. The smallest absolute Gasteiger partial charge is 0.257 e. The van der Waals surface area contributed by atoms with E-state index in [4.69, 9.17) is 9.47 Å². The van der Waals surface area contributed by atoms with Crippen LogP contribution in [0.2, 0.25) is 0 Å². The zero-order valence-corrected chi connectivity index (χ0v) is 13.0. The third kappa shape index (κ3) is 5.29. The maximum atomic E-state index is 13.4. The number of amides is 1. The zero-order valence-electron chi connectivity index (χ0n) is 13.0. The van der Waals surface area contributed by atoms with E-state index in [-0.39, 0.29) is 18.3 Å².